The van der Waals surface area contributed by atoms with Crippen molar-refractivity contribution in [1.82, 2.24) is 4.90 Å². The molecule has 142 valence electrons. The third kappa shape index (κ3) is 4.61. The number of para-hydroxylation sites is 2. The predicted molar refractivity (Wildman–Crippen MR) is 109 cm³/mol. The van der Waals surface area contributed by atoms with E-state index in [0.29, 0.717) is 22.3 Å². The molecule has 1 aliphatic rings. The molecule has 2 aromatic carbocycles. The van der Waals surface area contributed by atoms with Crippen molar-refractivity contribution in [3.8, 4) is 0 Å². The zero-order valence-electron chi connectivity index (χ0n) is 15.2. The highest BCUT2D eigenvalue weighted by Crippen LogP contribution is 2.31. The molecule has 1 heterocycles. The number of amides is 2. The van der Waals surface area contributed by atoms with Gasteiger partial charge < -0.3 is 10.2 Å². The summed E-state index contributed by atoms with van der Waals surface area (Å²) in [6, 6.07) is 12.5. The van der Waals surface area contributed by atoms with Gasteiger partial charge in [0.05, 0.1) is 17.9 Å². The van der Waals surface area contributed by atoms with Crippen LogP contribution < -0.4 is 10.2 Å². The van der Waals surface area contributed by atoms with E-state index >= 15 is 0 Å². The SMILES string of the molecule is C[C@H]1CC(=O)Nc2ccccc2N1C(=O)CN(C)Cc1ccc(Cl)cc1Cl. The number of hydrogen-bond acceptors (Lipinski definition) is 3. The summed E-state index contributed by atoms with van der Waals surface area (Å²) in [7, 11) is 1.86. The Morgan fingerprint density at radius 1 is 1.26 bits per heavy atom. The van der Waals surface area contributed by atoms with Crippen molar-refractivity contribution in [3.63, 3.8) is 0 Å². The Labute approximate surface area is 168 Å². The lowest BCUT2D eigenvalue weighted by atomic mass is 10.1. The first-order valence-corrected chi connectivity index (χ1v) is 9.44. The van der Waals surface area contributed by atoms with Gasteiger partial charge in [0.2, 0.25) is 11.8 Å². The molecule has 0 aliphatic carbocycles. The summed E-state index contributed by atoms with van der Waals surface area (Å²) in [5.41, 5.74) is 2.28. The fraction of sp³-hybridized carbons (Fsp3) is 0.300. The topological polar surface area (TPSA) is 52.7 Å². The molecule has 7 heteroatoms. The van der Waals surface area contributed by atoms with Gasteiger partial charge in [0.1, 0.15) is 0 Å². The molecule has 5 nitrogen and oxygen atoms in total. The number of fused-ring (bicyclic) bond motifs is 1. The molecular weight excluding hydrogens is 385 g/mol. The summed E-state index contributed by atoms with van der Waals surface area (Å²) in [6.45, 7) is 2.60. The highest BCUT2D eigenvalue weighted by Gasteiger charge is 2.29. The number of benzene rings is 2. The van der Waals surface area contributed by atoms with Gasteiger partial charge in [0, 0.05) is 29.1 Å². The molecule has 0 saturated heterocycles. The van der Waals surface area contributed by atoms with Crippen LogP contribution in [0.4, 0.5) is 11.4 Å². The first kappa shape index (κ1) is 19.7. The quantitative estimate of drug-likeness (QED) is 0.829. The van der Waals surface area contributed by atoms with Crippen molar-refractivity contribution in [1.29, 1.82) is 0 Å². The molecule has 0 radical (unpaired) electrons. The third-order valence-electron chi connectivity index (χ3n) is 4.49. The third-order valence-corrected chi connectivity index (χ3v) is 5.08. The zero-order valence-corrected chi connectivity index (χ0v) is 16.7. The lowest BCUT2D eigenvalue weighted by Crippen LogP contribution is -2.44. The molecule has 0 aromatic heterocycles. The minimum Gasteiger partial charge on any atom is -0.324 e. The summed E-state index contributed by atoms with van der Waals surface area (Å²) in [5.74, 6) is -0.161. The van der Waals surface area contributed by atoms with Crippen LogP contribution in [-0.4, -0.2) is 36.3 Å². The number of carbonyl (C=O) groups is 2. The molecule has 3 rings (SSSR count). The standard InChI is InChI=1S/C20H21Cl2N3O2/c1-13-9-19(26)23-17-5-3-4-6-18(17)25(13)20(27)12-24(2)11-14-7-8-15(21)10-16(14)22/h3-8,10,13H,9,11-12H2,1-2H3,(H,23,26)/t13-/m0/s1. The maximum absolute atomic E-state index is 13.1. The van der Waals surface area contributed by atoms with E-state index in [1.54, 1.807) is 17.0 Å². The van der Waals surface area contributed by atoms with Crippen LogP contribution in [0.2, 0.25) is 10.0 Å². The normalized spacial score (nSPS) is 16.7. The number of hydrogen-bond donors (Lipinski definition) is 1. The minimum absolute atomic E-state index is 0.0703. The van der Waals surface area contributed by atoms with Gasteiger partial charge >= 0.3 is 0 Å². The second-order valence-electron chi connectivity index (χ2n) is 6.79. The van der Waals surface area contributed by atoms with Crippen molar-refractivity contribution in [2.45, 2.75) is 25.9 Å². The maximum Gasteiger partial charge on any atom is 0.241 e. The number of likely N-dealkylation sites (N-methyl/N-ethyl adjacent to an activating group) is 1. The van der Waals surface area contributed by atoms with Crippen LogP contribution in [0.5, 0.6) is 0 Å². The smallest absolute Gasteiger partial charge is 0.241 e. The highest BCUT2D eigenvalue weighted by molar-refractivity contribution is 6.35. The van der Waals surface area contributed by atoms with Gasteiger partial charge in [-0.25, -0.2) is 0 Å². The van der Waals surface area contributed by atoms with Gasteiger partial charge in [-0.1, -0.05) is 41.4 Å². The van der Waals surface area contributed by atoms with Crippen LogP contribution >= 0.6 is 23.2 Å². The fourth-order valence-corrected chi connectivity index (χ4v) is 3.74. The molecule has 0 spiro atoms. The predicted octanol–water partition coefficient (Wildman–Crippen LogP) is 4.19. The monoisotopic (exact) mass is 405 g/mol. The Bertz CT molecular complexity index is 872. The van der Waals surface area contributed by atoms with Crippen LogP contribution in [0.3, 0.4) is 0 Å². The van der Waals surface area contributed by atoms with Crippen molar-refractivity contribution in [3.05, 3.63) is 58.1 Å². The maximum atomic E-state index is 13.1. The molecule has 0 unspecified atom stereocenters. The molecule has 1 aliphatic heterocycles. The van der Waals surface area contributed by atoms with E-state index < -0.39 is 0 Å². The van der Waals surface area contributed by atoms with E-state index in [-0.39, 0.29) is 30.8 Å². The Morgan fingerprint density at radius 2 is 2.00 bits per heavy atom. The molecule has 2 amide bonds. The van der Waals surface area contributed by atoms with Gasteiger partial charge in [0.25, 0.3) is 0 Å². The van der Waals surface area contributed by atoms with Crippen molar-refractivity contribution >= 4 is 46.4 Å². The van der Waals surface area contributed by atoms with Crippen molar-refractivity contribution in [2.75, 3.05) is 23.8 Å². The van der Waals surface area contributed by atoms with E-state index in [4.69, 9.17) is 23.2 Å². The average molecular weight is 406 g/mol. The molecule has 0 bridgehead atoms. The summed E-state index contributed by atoms with van der Waals surface area (Å²) in [4.78, 5) is 28.7. The Morgan fingerprint density at radius 3 is 2.74 bits per heavy atom. The Balaban J connectivity index is 1.77. The van der Waals surface area contributed by atoms with Gasteiger partial charge in [-0.15, -0.1) is 0 Å². The van der Waals surface area contributed by atoms with E-state index in [1.807, 2.05) is 49.2 Å². The molecule has 0 fully saturated rings. The first-order chi connectivity index (χ1) is 12.8. The van der Waals surface area contributed by atoms with Crippen LogP contribution in [0, 0.1) is 0 Å². The first-order valence-electron chi connectivity index (χ1n) is 8.68. The van der Waals surface area contributed by atoms with Gasteiger partial charge in [-0.3, -0.25) is 14.5 Å². The minimum atomic E-state index is -0.228. The van der Waals surface area contributed by atoms with E-state index in [0.717, 1.165) is 11.3 Å². The fourth-order valence-electron chi connectivity index (χ4n) is 3.27. The number of halogens is 2. The van der Waals surface area contributed by atoms with Crippen molar-refractivity contribution in [2.24, 2.45) is 0 Å². The van der Waals surface area contributed by atoms with Gasteiger partial charge in [-0.2, -0.15) is 0 Å². The largest absolute Gasteiger partial charge is 0.324 e. The molecular formula is C20H21Cl2N3O2. The number of nitrogens with one attached hydrogen (secondary N) is 1. The lowest BCUT2D eigenvalue weighted by Gasteiger charge is -2.29. The second-order valence-corrected chi connectivity index (χ2v) is 7.63. The van der Waals surface area contributed by atoms with E-state index in [1.165, 1.54) is 0 Å². The number of carbonyl (C=O) groups excluding carboxylic acids is 2. The van der Waals surface area contributed by atoms with Crippen LogP contribution in [0.15, 0.2) is 42.5 Å². The van der Waals surface area contributed by atoms with Crippen LogP contribution in [-0.2, 0) is 16.1 Å². The average Bonchev–Trinajstić information content (AvgIpc) is 2.71. The molecule has 1 atom stereocenters. The molecule has 1 N–H and O–H groups in total. The number of anilines is 2. The summed E-state index contributed by atoms with van der Waals surface area (Å²) >= 11 is 12.2. The number of rotatable bonds is 4. The molecule has 2 aromatic rings. The summed E-state index contributed by atoms with van der Waals surface area (Å²) < 4.78 is 0. The zero-order chi connectivity index (χ0) is 19.6. The summed E-state index contributed by atoms with van der Waals surface area (Å²) in [5, 5.41) is 4.02. The number of nitrogens with zero attached hydrogens (tertiary/aromatic N) is 2. The lowest BCUT2D eigenvalue weighted by molar-refractivity contribution is -0.120. The van der Waals surface area contributed by atoms with Crippen LogP contribution in [0.25, 0.3) is 0 Å². The van der Waals surface area contributed by atoms with Crippen LogP contribution in [0.1, 0.15) is 18.9 Å². The van der Waals surface area contributed by atoms with E-state index in [2.05, 4.69) is 5.32 Å². The highest BCUT2D eigenvalue weighted by atomic mass is 35.5. The second kappa shape index (κ2) is 8.30. The Kier molecular flexibility index (Phi) is 6.05. The Hall–Kier alpha value is -2.08. The van der Waals surface area contributed by atoms with Gasteiger partial charge in [-0.05, 0) is 43.8 Å². The van der Waals surface area contributed by atoms with Gasteiger partial charge in [0.15, 0.2) is 0 Å². The van der Waals surface area contributed by atoms with Crippen molar-refractivity contribution < 1.29 is 9.59 Å². The molecule has 0 saturated carbocycles. The van der Waals surface area contributed by atoms with E-state index in [9.17, 15) is 9.59 Å². The molecule has 27 heavy (non-hydrogen) atoms. The summed E-state index contributed by atoms with van der Waals surface area (Å²) in [6.07, 6.45) is 0.257.